The zero-order chi connectivity index (χ0) is 17.3. The van der Waals surface area contributed by atoms with Gasteiger partial charge < -0.3 is 5.43 Å². The van der Waals surface area contributed by atoms with Crippen molar-refractivity contribution >= 4 is 27.3 Å². The number of alkyl halides is 3. The van der Waals surface area contributed by atoms with E-state index >= 15 is 0 Å². The first kappa shape index (κ1) is 17.5. The highest BCUT2D eigenvalue weighted by Crippen LogP contribution is 2.33. The van der Waals surface area contributed by atoms with Crippen LogP contribution in [0.1, 0.15) is 5.56 Å². The summed E-state index contributed by atoms with van der Waals surface area (Å²) in [6.45, 7) is 0. The van der Waals surface area contributed by atoms with Crippen molar-refractivity contribution in [3.63, 3.8) is 0 Å². The maximum atomic E-state index is 12.8. The number of halogens is 5. The second kappa shape index (κ2) is 6.34. The van der Waals surface area contributed by atoms with Gasteiger partial charge in [0.05, 0.1) is 21.2 Å². The molecule has 0 atom stereocenters. The van der Waals surface area contributed by atoms with Gasteiger partial charge in [-0.2, -0.15) is 13.2 Å². The van der Waals surface area contributed by atoms with Crippen molar-refractivity contribution in [3.05, 3.63) is 58.9 Å². The van der Waals surface area contributed by atoms with E-state index in [-0.39, 0.29) is 15.6 Å². The molecule has 2 aromatic rings. The molecule has 0 spiro atoms. The second-order valence-electron chi connectivity index (χ2n) is 4.38. The fourth-order valence-electron chi connectivity index (χ4n) is 1.59. The highest BCUT2D eigenvalue weighted by atomic mass is 35.5. The van der Waals surface area contributed by atoms with E-state index in [0.717, 1.165) is 36.4 Å². The van der Waals surface area contributed by atoms with E-state index in [0.29, 0.717) is 6.07 Å². The first-order chi connectivity index (χ1) is 10.6. The van der Waals surface area contributed by atoms with Gasteiger partial charge in [-0.05, 0) is 42.5 Å². The molecule has 0 aliphatic heterocycles. The van der Waals surface area contributed by atoms with Crippen molar-refractivity contribution < 1.29 is 26.0 Å². The fourth-order valence-corrected chi connectivity index (χ4v) is 2.61. The number of sulfonamides is 1. The maximum Gasteiger partial charge on any atom is 0.416 e. The maximum absolute atomic E-state index is 12.8. The third kappa shape index (κ3) is 4.34. The van der Waals surface area contributed by atoms with Gasteiger partial charge in [0.25, 0.3) is 10.0 Å². The number of anilines is 1. The Hall–Kier alpha value is -1.84. The van der Waals surface area contributed by atoms with Crippen LogP contribution in [0.4, 0.5) is 23.2 Å². The van der Waals surface area contributed by atoms with E-state index in [1.807, 2.05) is 4.83 Å². The molecule has 0 amide bonds. The molecule has 23 heavy (non-hydrogen) atoms. The van der Waals surface area contributed by atoms with Crippen molar-refractivity contribution in [3.8, 4) is 0 Å². The molecular weight excluding hydrogens is 360 g/mol. The van der Waals surface area contributed by atoms with E-state index < -0.39 is 27.6 Å². The monoisotopic (exact) mass is 368 g/mol. The van der Waals surface area contributed by atoms with E-state index in [1.54, 1.807) is 0 Å². The summed E-state index contributed by atoms with van der Waals surface area (Å²) in [6, 6.07) is 6.30. The Kier molecular flexibility index (Phi) is 4.83. The van der Waals surface area contributed by atoms with Crippen LogP contribution in [0.5, 0.6) is 0 Å². The third-order valence-electron chi connectivity index (χ3n) is 2.74. The molecule has 0 aliphatic carbocycles. The summed E-state index contributed by atoms with van der Waals surface area (Å²) in [7, 11) is -4.11. The molecule has 2 N–H and O–H groups in total. The highest BCUT2D eigenvalue weighted by Gasteiger charge is 2.31. The van der Waals surface area contributed by atoms with Crippen LogP contribution >= 0.6 is 11.6 Å². The predicted octanol–water partition coefficient (Wildman–Crippen LogP) is 3.80. The first-order valence-corrected chi connectivity index (χ1v) is 7.86. The summed E-state index contributed by atoms with van der Waals surface area (Å²) in [5.41, 5.74) is 0.849. The van der Waals surface area contributed by atoms with Gasteiger partial charge in [-0.15, -0.1) is 4.83 Å². The molecule has 10 heteroatoms. The Morgan fingerprint density at radius 2 is 1.61 bits per heavy atom. The van der Waals surface area contributed by atoms with E-state index in [2.05, 4.69) is 5.43 Å². The number of rotatable bonds is 4. The lowest BCUT2D eigenvalue weighted by Crippen LogP contribution is -2.29. The van der Waals surface area contributed by atoms with Gasteiger partial charge in [0.2, 0.25) is 0 Å². The Morgan fingerprint density at radius 1 is 1.00 bits per heavy atom. The minimum atomic E-state index is -4.60. The van der Waals surface area contributed by atoms with Crippen molar-refractivity contribution in [2.45, 2.75) is 11.1 Å². The third-order valence-corrected chi connectivity index (χ3v) is 4.33. The van der Waals surface area contributed by atoms with Gasteiger partial charge in [0.15, 0.2) is 0 Å². The average molecular weight is 369 g/mol. The summed E-state index contributed by atoms with van der Waals surface area (Å²) in [5, 5.41) is -0.111. The molecule has 0 aliphatic rings. The van der Waals surface area contributed by atoms with Gasteiger partial charge in [-0.3, -0.25) is 0 Å². The molecular formula is C13H9ClF4N2O2S. The van der Waals surface area contributed by atoms with Crippen LogP contribution < -0.4 is 10.3 Å². The Morgan fingerprint density at radius 3 is 2.17 bits per heavy atom. The molecule has 0 fully saturated rings. The lowest BCUT2D eigenvalue weighted by molar-refractivity contribution is -0.137. The average Bonchev–Trinajstić information content (AvgIpc) is 2.45. The number of benzene rings is 2. The van der Waals surface area contributed by atoms with Crippen molar-refractivity contribution in [2.24, 2.45) is 0 Å². The van der Waals surface area contributed by atoms with Crippen LogP contribution in [0, 0.1) is 5.82 Å². The lowest BCUT2D eigenvalue weighted by Gasteiger charge is -2.13. The van der Waals surface area contributed by atoms with Crippen LogP contribution in [0.2, 0.25) is 5.02 Å². The van der Waals surface area contributed by atoms with Gasteiger partial charge in [0, 0.05) is 0 Å². The van der Waals surface area contributed by atoms with Crippen molar-refractivity contribution in [1.29, 1.82) is 0 Å². The normalized spacial score (nSPS) is 12.2. The molecule has 0 heterocycles. The molecule has 0 unspecified atom stereocenters. The van der Waals surface area contributed by atoms with Crippen molar-refractivity contribution in [2.75, 3.05) is 5.43 Å². The predicted molar refractivity (Wildman–Crippen MR) is 76.8 cm³/mol. The summed E-state index contributed by atoms with van der Waals surface area (Å²) < 4.78 is 74.6. The molecule has 4 nitrogen and oxygen atoms in total. The summed E-state index contributed by atoms with van der Waals surface area (Å²) >= 11 is 5.73. The SMILES string of the molecule is O=S(=O)(NNc1cc(C(F)(F)F)ccc1Cl)c1ccc(F)cc1. The quantitative estimate of drug-likeness (QED) is 0.637. The molecule has 2 rings (SSSR count). The van der Waals surface area contributed by atoms with Crippen LogP contribution in [0.3, 0.4) is 0 Å². The lowest BCUT2D eigenvalue weighted by atomic mass is 10.2. The Balaban J connectivity index is 2.21. The largest absolute Gasteiger partial charge is 0.416 e. The zero-order valence-electron chi connectivity index (χ0n) is 11.2. The molecule has 0 bridgehead atoms. The van der Waals surface area contributed by atoms with Gasteiger partial charge >= 0.3 is 6.18 Å². The molecule has 0 saturated heterocycles. The molecule has 0 radical (unpaired) electrons. The zero-order valence-corrected chi connectivity index (χ0v) is 12.7. The van der Waals surface area contributed by atoms with Crippen LogP contribution in [0.15, 0.2) is 47.4 Å². The summed E-state index contributed by atoms with van der Waals surface area (Å²) in [4.78, 5) is 1.61. The smallest absolute Gasteiger partial charge is 0.306 e. The van der Waals surface area contributed by atoms with Crippen LogP contribution in [-0.4, -0.2) is 8.42 Å². The summed E-state index contributed by atoms with van der Waals surface area (Å²) in [5.74, 6) is -0.627. The fraction of sp³-hybridized carbons (Fsp3) is 0.0769. The number of nitrogens with one attached hydrogen (secondary N) is 2. The number of hydrogen-bond acceptors (Lipinski definition) is 3. The van der Waals surface area contributed by atoms with E-state index in [9.17, 15) is 26.0 Å². The van der Waals surface area contributed by atoms with Crippen molar-refractivity contribution in [1.82, 2.24) is 4.83 Å². The number of hydrazine groups is 1. The molecule has 2 aromatic carbocycles. The van der Waals surface area contributed by atoms with Crippen LogP contribution in [-0.2, 0) is 16.2 Å². The number of hydrogen-bond donors (Lipinski definition) is 2. The minimum Gasteiger partial charge on any atom is -0.306 e. The summed E-state index contributed by atoms with van der Waals surface area (Å²) in [6.07, 6.45) is -4.60. The Labute approximate surface area is 134 Å². The topological polar surface area (TPSA) is 58.2 Å². The molecule has 124 valence electrons. The van der Waals surface area contributed by atoms with Gasteiger partial charge in [0.1, 0.15) is 5.82 Å². The van der Waals surface area contributed by atoms with Gasteiger partial charge in [-0.25, -0.2) is 12.8 Å². The minimum absolute atomic E-state index is 0.111. The standard InChI is InChI=1S/C13H9ClF4N2O2S/c14-11-6-1-8(13(16,17)18)7-12(11)19-20-23(21,22)10-4-2-9(15)3-5-10/h1-7,19-20H. The molecule has 0 saturated carbocycles. The van der Waals surface area contributed by atoms with Crippen LogP contribution in [0.25, 0.3) is 0 Å². The second-order valence-corrected chi connectivity index (χ2v) is 6.47. The van der Waals surface area contributed by atoms with E-state index in [4.69, 9.17) is 11.6 Å². The van der Waals surface area contributed by atoms with E-state index in [1.165, 1.54) is 0 Å². The van der Waals surface area contributed by atoms with Gasteiger partial charge in [-0.1, -0.05) is 11.6 Å². The highest BCUT2D eigenvalue weighted by molar-refractivity contribution is 7.89. The Bertz CT molecular complexity index is 808. The molecule has 0 aromatic heterocycles. The first-order valence-electron chi connectivity index (χ1n) is 6.00.